The van der Waals surface area contributed by atoms with Gasteiger partial charge < -0.3 is 5.73 Å². The number of nitrogens with two attached hydrogens (primary N) is 1. The zero-order chi connectivity index (χ0) is 14.8. The summed E-state index contributed by atoms with van der Waals surface area (Å²) in [6, 6.07) is 6.76. The SMILES string of the molecule is Cc1ccc(C#N)cc1S(=O)(=O)N1CCC(CN)CC1. The zero-order valence-corrected chi connectivity index (χ0v) is 12.4. The van der Waals surface area contributed by atoms with Gasteiger partial charge in [0.2, 0.25) is 10.0 Å². The third-order valence-electron chi connectivity index (χ3n) is 3.84. The maximum Gasteiger partial charge on any atom is 0.243 e. The average Bonchev–Trinajstić information content (AvgIpc) is 2.47. The first kappa shape index (κ1) is 15.0. The fourth-order valence-corrected chi connectivity index (χ4v) is 4.19. The van der Waals surface area contributed by atoms with Crippen LogP contribution in [0.5, 0.6) is 0 Å². The van der Waals surface area contributed by atoms with E-state index in [-0.39, 0.29) is 4.90 Å². The fraction of sp³-hybridized carbons (Fsp3) is 0.500. The molecule has 6 heteroatoms. The van der Waals surface area contributed by atoms with Crippen LogP contribution in [0.15, 0.2) is 23.1 Å². The van der Waals surface area contributed by atoms with Crippen molar-refractivity contribution in [2.75, 3.05) is 19.6 Å². The third-order valence-corrected chi connectivity index (χ3v) is 5.88. The summed E-state index contributed by atoms with van der Waals surface area (Å²) in [6.07, 6.45) is 1.60. The molecule has 1 fully saturated rings. The van der Waals surface area contributed by atoms with Crippen LogP contribution >= 0.6 is 0 Å². The number of nitrogens with zero attached hydrogens (tertiary/aromatic N) is 2. The Morgan fingerprint density at radius 2 is 2.05 bits per heavy atom. The molecule has 0 aromatic heterocycles. The van der Waals surface area contributed by atoms with Gasteiger partial charge in [0, 0.05) is 13.1 Å². The largest absolute Gasteiger partial charge is 0.330 e. The lowest BCUT2D eigenvalue weighted by Gasteiger charge is -2.30. The van der Waals surface area contributed by atoms with Crippen LogP contribution in [0.1, 0.15) is 24.0 Å². The molecule has 0 saturated carbocycles. The van der Waals surface area contributed by atoms with Crippen molar-refractivity contribution < 1.29 is 8.42 Å². The van der Waals surface area contributed by atoms with E-state index in [2.05, 4.69) is 0 Å². The number of aryl methyl sites for hydroxylation is 1. The van der Waals surface area contributed by atoms with E-state index in [0.29, 0.717) is 36.7 Å². The van der Waals surface area contributed by atoms with Crippen LogP contribution in [0.3, 0.4) is 0 Å². The molecule has 0 atom stereocenters. The van der Waals surface area contributed by atoms with Gasteiger partial charge in [0.15, 0.2) is 0 Å². The fourth-order valence-electron chi connectivity index (χ4n) is 2.47. The van der Waals surface area contributed by atoms with Crippen LogP contribution in [-0.4, -0.2) is 32.4 Å². The second kappa shape index (κ2) is 5.92. The van der Waals surface area contributed by atoms with Crippen LogP contribution in [0, 0.1) is 24.2 Å². The minimum Gasteiger partial charge on any atom is -0.330 e. The van der Waals surface area contributed by atoms with Gasteiger partial charge >= 0.3 is 0 Å². The summed E-state index contributed by atoms with van der Waals surface area (Å²) in [5.74, 6) is 0.410. The molecule has 1 heterocycles. The van der Waals surface area contributed by atoms with Crippen LogP contribution in [-0.2, 0) is 10.0 Å². The number of hydrogen-bond acceptors (Lipinski definition) is 4. The molecule has 1 aromatic rings. The summed E-state index contributed by atoms with van der Waals surface area (Å²) in [6.45, 7) is 3.36. The molecule has 20 heavy (non-hydrogen) atoms. The molecule has 0 unspecified atom stereocenters. The summed E-state index contributed by atoms with van der Waals surface area (Å²) < 4.78 is 26.8. The predicted octanol–water partition coefficient (Wildman–Crippen LogP) is 1.23. The van der Waals surface area contributed by atoms with Crippen molar-refractivity contribution in [2.45, 2.75) is 24.7 Å². The normalized spacial score (nSPS) is 17.9. The maximum atomic E-state index is 12.7. The topological polar surface area (TPSA) is 87.2 Å². The molecule has 1 saturated heterocycles. The van der Waals surface area contributed by atoms with Crippen molar-refractivity contribution in [2.24, 2.45) is 11.7 Å². The molecule has 1 aliphatic rings. The highest BCUT2D eigenvalue weighted by Crippen LogP contribution is 2.25. The van der Waals surface area contributed by atoms with Crippen molar-refractivity contribution in [1.29, 1.82) is 5.26 Å². The first-order valence-corrected chi connectivity index (χ1v) is 8.14. The maximum absolute atomic E-state index is 12.7. The Hall–Kier alpha value is -1.42. The Morgan fingerprint density at radius 1 is 1.40 bits per heavy atom. The van der Waals surface area contributed by atoms with Gasteiger partial charge in [0.1, 0.15) is 0 Å². The molecule has 5 nitrogen and oxygen atoms in total. The molecule has 0 bridgehead atoms. The number of benzene rings is 1. The molecule has 2 rings (SSSR count). The highest BCUT2D eigenvalue weighted by Gasteiger charge is 2.30. The van der Waals surface area contributed by atoms with E-state index in [9.17, 15) is 8.42 Å². The monoisotopic (exact) mass is 293 g/mol. The Kier molecular flexibility index (Phi) is 4.43. The summed E-state index contributed by atoms with van der Waals surface area (Å²) in [5, 5.41) is 8.92. The second-order valence-corrected chi connectivity index (χ2v) is 7.08. The van der Waals surface area contributed by atoms with Crippen LogP contribution in [0.4, 0.5) is 0 Å². The number of hydrogen-bond donors (Lipinski definition) is 1. The summed E-state index contributed by atoms with van der Waals surface area (Å²) in [5.41, 5.74) is 6.66. The lowest BCUT2D eigenvalue weighted by Crippen LogP contribution is -2.40. The van der Waals surface area contributed by atoms with E-state index in [1.165, 1.54) is 10.4 Å². The molecule has 0 aliphatic carbocycles. The van der Waals surface area contributed by atoms with E-state index < -0.39 is 10.0 Å². The lowest BCUT2D eigenvalue weighted by molar-refractivity contribution is 0.278. The molecule has 2 N–H and O–H groups in total. The van der Waals surface area contributed by atoms with E-state index >= 15 is 0 Å². The van der Waals surface area contributed by atoms with E-state index in [1.54, 1.807) is 19.1 Å². The van der Waals surface area contributed by atoms with Crippen LogP contribution in [0.2, 0.25) is 0 Å². The van der Waals surface area contributed by atoms with Gasteiger partial charge in [-0.3, -0.25) is 0 Å². The first-order valence-electron chi connectivity index (χ1n) is 6.70. The molecular formula is C14H19N3O2S. The van der Waals surface area contributed by atoms with Gasteiger partial charge in [0.05, 0.1) is 16.5 Å². The van der Waals surface area contributed by atoms with Gasteiger partial charge in [-0.25, -0.2) is 8.42 Å². The molecule has 0 amide bonds. The Labute approximate surface area is 120 Å². The summed E-state index contributed by atoms with van der Waals surface area (Å²) >= 11 is 0. The van der Waals surface area contributed by atoms with Crippen LogP contribution in [0.25, 0.3) is 0 Å². The van der Waals surface area contributed by atoms with Crippen LogP contribution < -0.4 is 5.73 Å². The molecule has 108 valence electrons. The molecule has 0 radical (unpaired) electrons. The van der Waals surface area contributed by atoms with Crippen molar-refractivity contribution in [1.82, 2.24) is 4.31 Å². The highest BCUT2D eigenvalue weighted by atomic mass is 32.2. The van der Waals surface area contributed by atoms with E-state index in [0.717, 1.165) is 12.8 Å². The Morgan fingerprint density at radius 3 is 2.60 bits per heavy atom. The standard InChI is InChI=1S/C14H19N3O2S/c1-11-2-3-13(10-16)8-14(11)20(18,19)17-6-4-12(9-15)5-7-17/h2-3,8,12H,4-7,9,15H2,1H3. The quantitative estimate of drug-likeness (QED) is 0.908. The minimum absolute atomic E-state index is 0.239. The van der Waals surface area contributed by atoms with Gasteiger partial charge in [-0.15, -0.1) is 0 Å². The van der Waals surface area contributed by atoms with Gasteiger partial charge in [0.25, 0.3) is 0 Å². The van der Waals surface area contributed by atoms with Crippen molar-refractivity contribution >= 4 is 10.0 Å². The molecule has 1 aromatic carbocycles. The lowest BCUT2D eigenvalue weighted by atomic mass is 9.99. The van der Waals surface area contributed by atoms with Crippen molar-refractivity contribution in [3.05, 3.63) is 29.3 Å². The summed E-state index contributed by atoms with van der Waals surface area (Å²) in [7, 11) is -3.52. The number of piperidine rings is 1. The van der Waals surface area contributed by atoms with E-state index in [4.69, 9.17) is 11.0 Å². The molecular weight excluding hydrogens is 274 g/mol. The Balaban J connectivity index is 2.30. The number of nitriles is 1. The zero-order valence-electron chi connectivity index (χ0n) is 11.5. The average molecular weight is 293 g/mol. The van der Waals surface area contributed by atoms with E-state index in [1.807, 2.05) is 6.07 Å². The first-order chi connectivity index (χ1) is 9.48. The van der Waals surface area contributed by atoms with Gasteiger partial charge in [-0.05, 0) is 49.9 Å². The number of sulfonamides is 1. The third kappa shape index (κ3) is 2.85. The van der Waals surface area contributed by atoms with Crippen molar-refractivity contribution in [3.63, 3.8) is 0 Å². The second-order valence-electron chi connectivity index (χ2n) is 5.18. The van der Waals surface area contributed by atoms with Gasteiger partial charge in [-0.1, -0.05) is 6.07 Å². The van der Waals surface area contributed by atoms with Gasteiger partial charge in [-0.2, -0.15) is 9.57 Å². The molecule has 1 aliphatic heterocycles. The number of rotatable bonds is 3. The Bertz CT molecular complexity index is 626. The van der Waals surface area contributed by atoms with Crippen molar-refractivity contribution in [3.8, 4) is 6.07 Å². The smallest absolute Gasteiger partial charge is 0.243 e. The summed E-state index contributed by atoms with van der Waals surface area (Å²) in [4.78, 5) is 0.239. The minimum atomic E-state index is -3.52. The highest BCUT2D eigenvalue weighted by molar-refractivity contribution is 7.89. The predicted molar refractivity (Wildman–Crippen MR) is 76.4 cm³/mol. The molecule has 0 spiro atoms.